The average molecular weight is 331 g/mol. The molecule has 1 aromatic rings. The molecule has 0 aliphatic heterocycles. The number of hydrogen-bond donors (Lipinski definition) is 2. The minimum absolute atomic E-state index is 0.120. The van der Waals surface area contributed by atoms with Gasteiger partial charge in [0.2, 0.25) is 5.91 Å². The molecule has 100 valence electrons. The number of amides is 1. The maximum Gasteiger partial charge on any atom is 0.225 e. The highest BCUT2D eigenvalue weighted by Crippen LogP contribution is 2.25. The summed E-state index contributed by atoms with van der Waals surface area (Å²) in [5.74, 6) is 0.576. The zero-order valence-electron chi connectivity index (χ0n) is 10.3. The van der Waals surface area contributed by atoms with Crippen molar-refractivity contribution in [2.45, 2.75) is 38.1 Å². The number of nitrogens with one attached hydrogen (secondary N) is 1. The Morgan fingerprint density at radius 3 is 2.89 bits per heavy atom. The Kier molecular flexibility index (Phi) is 5.21. The molecular formula is C13H19BrN2OS. The van der Waals surface area contributed by atoms with Crippen molar-refractivity contribution in [2.24, 2.45) is 11.7 Å². The van der Waals surface area contributed by atoms with Gasteiger partial charge in [0.15, 0.2) is 0 Å². The van der Waals surface area contributed by atoms with Gasteiger partial charge in [-0.2, -0.15) is 0 Å². The fourth-order valence-electron chi connectivity index (χ4n) is 2.54. The van der Waals surface area contributed by atoms with E-state index < -0.39 is 0 Å². The van der Waals surface area contributed by atoms with Crippen molar-refractivity contribution < 1.29 is 4.79 Å². The number of carbonyl (C=O) groups excluding carboxylic acids is 1. The second kappa shape index (κ2) is 6.68. The normalized spacial score (nSPS) is 23.9. The fourth-order valence-corrected chi connectivity index (χ4v) is 4.02. The lowest BCUT2D eigenvalue weighted by atomic mass is 9.84. The maximum atomic E-state index is 12.0. The first-order valence-electron chi connectivity index (χ1n) is 6.42. The van der Waals surface area contributed by atoms with Crippen molar-refractivity contribution in [3.8, 4) is 0 Å². The van der Waals surface area contributed by atoms with E-state index in [0.29, 0.717) is 18.9 Å². The third-order valence-electron chi connectivity index (χ3n) is 3.52. The minimum atomic E-state index is 0.120. The summed E-state index contributed by atoms with van der Waals surface area (Å²) in [5, 5.41) is 3.15. The van der Waals surface area contributed by atoms with Crippen LogP contribution < -0.4 is 11.1 Å². The lowest BCUT2D eigenvalue weighted by molar-refractivity contribution is -0.121. The Balaban J connectivity index is 1.86. The van der Waals surface area contributed by atoms with Crippen LogP contribution in [0.5, 0.6) is 0 Å². The zero-order chi connectivity index (χ0) is 13.0. The number of nitrogens with two attached hydrogens (primary N) is 1. The van der Waals surface area contributed by atoms with Gasteiger partial charge in [-0.25, -0.2) is 0 Å². The Morgan fingerprint density at radius 1 is 1.44 bits per heavy atom. The lowest BCUT2D eigenvalue weighted by Gasteiger charge is -2.31. The van der Waals surface area contributed by atoms with Crippen molar-refractivity contribution in [1.29, 1.82) is 0 Å². The number of halogens is 1. The monoisotopic (exact) mass is 330 g/mol. The van der Waals surface area contributed by atoms with Crippen LogP contribution in [0, 0.1) is 5.92 Å². The lowest BCUT2D eigenvalue weighted by Crippen LogP contribution is -2.45. The van der Waals surface area contributed by atoms with Gasteiger partial charge < -0.3 is 11.1 Å². The van der Waals surface area contributed by atoms with E-state index in [4.69, 9.17) is 5.73 Å². The molecule has 0 aromatic carbocycles. The van der Waals surface area contributed by atoms with Crippen molar-refractivity contribution in [2.75, 3.05) is 6.54 Å². The first-order chi connectivity index (χ1) is 8.69. The van der Waals surface area contributed by atoms with Gasteiger partial charge in [-0.15, -0.1) is 11.3 Å². The van der Waals surface area contributed by atoms with Gasteiger partial charge in [-0.3, -0.25) is 4.79 Å². The Labute approximate surface area is 120 Å². The molecule has 0 bridgehead atoms. The molecule has 1 aliphatic rings. The fraction of sp³-hybridized carbons (Fsp3) is 0.615. The van der Waals surface area contributed by atoms with Crippen LogP contribution in [0.1, 0.15) is 30.6 Å². The molecule has 1 aromatic heterocycles. The van der Waals surface area contributed by atoms with Crippen LogP contribution in [0.2, 0.25) is 0 Å². The molecule has 1 fully saturated rings. The van der Waals surface area contributed by atoms with Crippen LogP contribution in [0.4, 0.5) is 0 Å². The summed E-state index contributed by atoms with van der Waals surface area (Å²) in [7, 11) is 0. The standard InChI is InChI=1S/C13H19BrN2OS/c14-12-6-5-10(18-12)7-13(17)16-11-4-2-1-3-9(11)8-15/h5-6,9,11H,1-4,7-8,15H2,(H,16,17). The zero-order valence-corrected chi connectivity index (χ0v) is 12.7. The summed E-state index contributed by atoms with van der Waals surface area (Å²) < 4.78 is 1.07. The first kappa shape index (κ1) is 14.0. The smallest absolute Gasteiger partial charge is 0.225 e. The molecule has 1 amide bonds. The molecule has 1 saturated carbocycles. The molecule has 3 nitrogen and oxygen atoms in total. The summed E-state index contributed by atoms with van der Waals surface area (Å²) in [6.45, 7) is 0.676. The molecule has 3 N–H and O–H groups in total. The van der Waals surface area contributed by atoms with Gasteiger partial charge in [0, 0.05) is 10.9 Å². The third-order valence-corrected chi connectivity index (χ3v) is 5.15. The SMILES string of the molecule is NCC1CCCCC1NC(=O)Cc1ccc(Br)s1. The topological polar surface area (TPSA) is 55.1 Å². The van der Waals surface area contributed by atoms with Crippen LogP contribution >= 0.6 is 27.3 Å². The average Bonchev–Trinajstić information content (AvgIpc) is 2.75. The van der Waals surface area contributed by atoms with Crippen molar-refractivity contribution in [3.63, 3.8) is 0 Å². The number of thiophene rings is 1. The third kappa shape index (κ3) is 3.80. The summed E-state index contributed by atoms with van der Waals surface area (Å²) in [6, 6.07) is 4.26. The van der Waals surface area contributed by atoms with Crippen LogP contribution in [0.15, 0.2) is 15.9 Å². The predicted octanol–water partition coefficient (Wildman–Crippen LogP) is 2.69. The molecule has 18 heavy (non-hydrogen) atoms. The Bertz CT molecular complexity index is 407. The molecule has 2 rings (SSSR count). The summed E-state index contributed by atoms with van der Waals surface area (Å²) in [6.07, 6.45) is 5.13. The summed E-state index contributed by atoms with van der Waals surface area (Å²) in [4.78, 5) is 13.1. The van der Waals surface area contributed by atoms with E-state index in [1.54, 1.807) is 11.3 Å². The van der Waals surface area contributed by atoms with Gasteiger partial charge in [0.25, 0.3) is 0 Å². The molecule has 2 unspecified atom stereocenters. The number of rotatable bonds is 4. The quantitative estimate of drug-likeness (QED) is 0.891. The highest BCUT2D eigenvalue weighted by molar-refractivity contribution is 9.11. The second-order valence-corrected chi connectivity index (χ2v) is 7.38. The van der Waals surface area contributed by atoms with Gasteiger partial charge in [-0.05, 0) is 53.4 Å². The van der Waals surface area contributed by atoms with Gasteiger partial charge in [-0.1, -0.05) is 12.8 Å². The summed E-state index contributed by atoms with van der Waals surface area (Å²) in [5.41, 5.74) is 5.77. The van der Waals surface area contributed by atoms with Crippen LogP contribution in [0.25, 0.3) is 0 Å². The largest absolute Gasteiger partial charge is 0.353 e. The highest BCUT2D eigenvalue weighted by atomic mass is 79.9. The summed E-state index contributed by atoms with van der Waals surface area (Å²) >= 11 is 5.03. The minimum Gasteiger partial charge on any atom is -0.353 e. The predicted molar refractivity (Wildman–Crippen MR) is 78.7 cm³/mol. The van der Waals surface area contributed by atoms with Crippen molar-refractivity contribution in [1.82, 2.24) is 5.32 Å². The van der Waals surface area contributed by atoms with E-state index in [2.05, 4.69) is 21.2 Å². The molecule has 2 atom stereocenters. The molecule has 5 heteroatoms. The van der Waals surface area contributed by atoms with E-state index in [0.717, 1.165) is 21.5 Å². The molecule has 1 heterocycles. The van der Waals surface area contributed by atoms with Gasteiger partial charge in [0.05, 0.1) is 10.2 Å². The Hall–Kier alpha value is -0.390. The second-order valence-electron chi connectivity index (χ2n) is 4.84. The van der Waals surface area contributed by atoms with Gasteiger partial charge >= 0.3 is 0 Å². The van der Waals surface area contributed by atoms with E-state index in [-0.39, 0.29) is 11.9 Å². The van der Waals surface area contributed by atoms with Crippen molar-refractivity contribution >= 4 is 33.2 Å². The molecule has 0 saturated heterocycles. The van der Waals surface area contributed by atoms with E-state index in [1.165, 1.54) is 12.8 Å². The van der Waals surface area contributed by atoms with E-state index in [9.17, 15) is 4.79 Å². The van der Waals surface area contributed by atoms with E-state index in [1.807, 2.05) is 12.1 Å². The molecule has 0 spiro atoms. The molecular weight excluding hydrogens is 312 g/mol. The molecule has 1 aliphatic carbocycles. The highest BCUT2D eigenvalue weighted by Gasteiger charge is 2.25. The molecule has 0 radical (unpaired) electrons. The number of carbonyl (C=O) groups is 1. The van der Waals surface area contributed by atoms with Crippen LogP contribution in [0.3, 0.4) is 0 Å². The van der Waals surface area contributed by atoms with E-state index >= 15 is 0 Å². The maximum absolute atomic E-state index is 12.0. The first-order valence-corrected chi connectivity index (χ1v) is 8.03. The number of hydrogen-bond acceptors (Lipinski definition) is 3. The van der Waals surface area contributed by atoms with Crippen LogP contribution in [-0.4, -0.2) is 18.5 Å². The van der Waals surface area contributed by atoms with Crippen molar-refractivity contribution in [3.05, 3.63) is 20.8 Å². The Morgan fingerprint density at radius 2 is 2.22 bits per heavy atom. The van der Waals surface area contributed by atoms with Crippen LogP contribution in [-0.2, 0) is 11.2 Å². The van der Waals surface area contributed by atoms with Gasteiger partial charge in [0.1, 0.15) is 0 Å².